The molecule has 3 rings (SSSR count). The van der Waals surface area contributed by atoms with Crippen molar-refractivity contribution >= 4 is 28.5 Å². The summed E-state index contributed by atoms with van der Waals surface area (Å²) in [7, 11) is 2.00. The molecule has 2 heterocycles. The summed E-state index contributed by atoms with van der Waals surface area (Å²) in [5.74, 6) is 1.14. The molecular weight excluding hydrogens is 310 g/mol. The SMILES string of the molecule is Cn1c(CCCNc2ncc([N+](=O)[O-])c(N)n2)nc2ccccc21. The van der Waals surface area contributed by atoms with Crippen molar-refractivity contribution in [3.05, 3.63) is 46.4 Å². The van der Waals surface area contributed by atoms with E-state index >= 15 is 0 Å². The maximum atomic E-state index is 10.7. The first-order chi connectivity index (χ1) is 11.6. The van der Waals surface area contributed by atoms with Gasteiger partial charge in [-0.3, -0.25) is 10.1 Å². The van der Waals surface area contributed by atoms with Crippen LogP contribution in [0.15, 0.2) is 30.5 Å². The van der Waals surface area contributed by atoms with E-state index in [1.54, 1.807) is 0 Å². The number of nitro groups is 1. The highest BCUT2D eigenvalue weighted by Crippen LogP contribution is 2.18. The van der Waals surface area contributed by atoms with Crippen LogP contribution in [0.25, 0.3) is 11.0 Å². The molecule has 124 valence electrons. The van der Waals surface area contributed by atoms with Crippen molar-refractivity contribution in [2.75, 3.05) is 17.6 Å². The third-order valence-electron chi connectivity index (χ3n) is 3.73. The Morgan fingerprint density at radius 2 is 2.12 bits per heavy atom. The number of nitrogens with one attached hydrogen (secondary N) is 1. The number of imidazole rings is 1. The maximum absolute atomic E-state index is 10.7. The highest BCUT2D eigenvalue weighted by Gasteiger charge is 2.14. The Morgan fingerprint density at radius 1 is 1.33 bits per heavy atom. The van der Waals surface area contributed by atoms with Crippen LogP contribution < -0.4 is 11.1 Å². The summed E-state index contributed by atoms with van der Waals surface area (Å²) >= 11 is 0. The monoisotopic (exact) mass is 327 g/mol. The molecule has 3 N–H and O–H groups in total. The Hall–Kier alpha value is -3.23. The smallest absolute Gasteiger partial charge is 0.329 e. The normalized spacial score (nSPS) is 10.9. The molecule has 24 heavy (non-hydrogen) atoms. The van der Waals surface area contributed by atoms with E-state index in [0.717, 1.165) is 35.9 Å². The fourth-order valence-corrected chi connectivity index (χ4v) is 2.48. The number of benzene rings is 1. The molecule has 0 fully saturated rings. The van der Waals surface area contributed by atoms with Crippen molar-refractivity contribution < 1.29 is 4.92 Å². The predicted octanol–water partition coefficient (Wildman–Crippen LogP) is 1.90. The van der Waals surface area contributed by atoms with Gasteiger partial charge >= 0.3 is 5.69 Å². The van der Waals surface area contributed by atoms with Gasteiger partial charge in [-0.2, -0.15) is 4.98 Å². The lowest BCUT2D eigenvalue weighted by Gasteiger charge is -2.05. The molecule has 0 aliphatic heterocycles. The highest BCUT2D eigenvalue weighted by molar-refractivity contribution is 5.75. The zero-order valence-electron chi connectivity index (χ0n) is 13.1. The van der Waals surface area contributed by atoms with Gasteiger partial charge in [-0.1, -0.05) is 12.1 Å². The number of rotatable bonds is 6. The van der Waals surface area contributed by atoms with E-state index < -0.39 is 4.92 Å². The van der Waals surface area contributed by atoms with Gasteiger partial charge in [0.15, 0.2) is 0 Å². The summed E-state index contributed by atoms with van der Waals surface area (Å²) in [5.41, 5.74) is 7.33. The Kier molecular flexibility index (Phi) is 4.23. The van der Waals surface area contributed by atoms with Crippen molar-refractivity contribution in [1.82, 2.24) is 19.5 Å². The molecule has 2 aromatic heterocycles. The number of hydrogen-bond acceptors (Lipinski definition) is 7. The van der Waals surface area contributed by atoms with Crippen LogP contribution in [0.4, 0.5) is 17.5 Å². The van der Waals surface area contributed by atoms with Crippen molar-refractivity contribution in [3.8, 4) is 0 Å². The molecule has 1 aromatic carbocycles. The third kappa shape index (κ3) is 3.09. The molecule has 0 spiro atoms. The van der Waals surface area contributed by atoms with Crippen LogP contribution in [-0.2, 0) is 13.5 Å². The Labute approximate surface area is 137 Å². The Bertz CT molecular complexity index is 891. The van der Waals surface area contributed by atoms with Crippen LogP contribution in [0.1, 0.15) is 12.2 Å². The minimum Gasteiger partial charge on any atom is -0.378 e. The van der Waals surface area contributed by atoms with Crippen molar-refractivity contribution in [2.45, 2.75) is 12.8 Å². The molecule has 0 aliphatic carbocycles. The van der Waals surface area contributed by atoms with Gasteiger partial charge in [-0.15, -0.1) is 0 Å². The second kappa shape index (κ2) is 6.49. The third-order valence-corrected chi connectivity index (χ3v) is 3.73. The average molecular weight is 327 g/mol. The minimum absolute atomic E-state index is 0.146. The van der Waals surface area contributed by atoms with Crippen LogP contribution in [-0.4, -0.2) is 31.0 Å². The molecule has 0 atom stereocenters. The zero-order chi connectivity index (χ0) is 17.1. The summed E-state index contributed by atoms with van der Waals surface area (Å²) in [6.07, 6.45) is 2.72. The van der Waals surface area contributed by atoms with Crippen molar-refractivity contribution in [1.29, 1.82) is 0 Å². The van der Waals surface area contributed by atoms with Crippen molar-refractivity contribution in [3.63, 3.8) is 0 Å². The molecule has 9 nitrogen and oxygen atoms in total. The van der Waals surface area contributed by atoms with Crippen molar-refractivity contribution in [2.24, 2.45) is 7.05 Å². The zero-order valence-corrected chi connectivity index (χ0v) is 13.1. The molecule has 9 heteroatoms. The van der Waals surface area contributed by atoms with Crippen LogP contribution >= 0.6 is 0 Å². The molecular formula is C15H17N7O2. The summed E-state index contributed by atoms with van der Waals surface area (Å²) < 4.78 is 2.08. The van der Waals surface area contributed by atoms with Crippen LogP contribution in [0.3, 0.4) is 0 Å². The van der Waals surface area contributed by atoms with E-state index in [2.05, 4.69) is 24.8 Å². The van der Waals surface area contributed by atoms with Gasteiger partial charge in [-0.05, 0) is 18.6 Å². The molecule has 0 bridgehead atoms. The van der Waals surface area contributed by atoms with Gasteiger partial charge in [-0.25, -0.2) is 9.97 Å². The number of fused-ring (bicyclic) bond motifs is 1. The molecule has 0 amide bonds. The molecule has 0 unspecified atom stereocenters. The fourth-order valence-electron chi connectivity index (χ4n) is 2.48. The quantitative estimate of drug-likeness (QED) is 0.402. The Morgan fingerprint density at radius 3 is 2.83 bits per heavy atom. The fraction of sp³-hybridized carbons (Fsp3) is 0.267. The van der Waals surface area contributed by atoms with E-state index in [1.165, 1.54) is 0 Å². The van der Waals surface area contributed by atoms with Gasteiger partial charge in [0.1, 0.15) is 12.0 Å². The predicted molar refractivity (Wildman–Crippen MR) is 90.6 cm³/mol. The second-order valence-corrected chi connectivity index (χ2v) is 5.33. The molecule has 0 saturated carbocycles. The summed E-state index contributed by atoms with van der Waals surface area (Å²) in [4.78, 5) is 22.5. The molecule has 0 radical (unpaired) electrons. The number of aromatic nitrogens is 4. The standard InChI is InChI=1S/C15H17N7O2/c1-21-11-6-3-2-5-10(11)19-13(21)7-4-8-17-15-18-9-12(22(23)24)14(16)20-15/h2-3,5-6,9H,4,7-8H2,1H3,(H3,16,17,18,20). The average Bonchev–Trinajstić information content (AvgIpc) is 2.88. The lowest BCUT2D eigenvalue weighted by Crippen LogP contribution is -2.10. The number of hydrogen-bond donors (Lipinski definition) is 2. The largest absolute Gasteiger partial charge is 0.378 e. The number of anilines is 2. The van der Waals surface area contributed by atoms with E-state index in [1.807, 2.05) is 31.3 Å². The first-order valence-electron chi connectivity index (χ1n) is 7.47. The number of nitrogens with zero attached hydrogens (tertiary/aromatic N) is 5. The van der Waals surface area contributed by atoms with Gasteiger partial charge in [0.2, 0.25) is 11.8 Å². The van der Waals surface area contributed by atoms with Crippen LogP contribution in [0, 0.1) is 10.1 Å². The lowest BCUT2D eigenvalue weighted by atomic mass is 10.3. The number of aryl methyl sites for hydroxylation is 2. The number of nitrogen functional groups attached to an aromatic ring is 1. The van der Waals surface area contributed by atoms with Gasteiger partial charge in [0, 0.05) is 20.0 Å². The molecule has 0 aliphatic rings. The van der Waals surface area contributed by atoms with Gasteiger partial charge < -0.3 is 15.6 Å². The lowest BCUT2D eigenvalue weighted by molar-refractivity contribution is -0.384. The summed E-state index contributed by atoms with van der Waals surface area (Å²) in [6.45, 7) is 0.612. The maximum Gasteiger partial charge on any atom is 0.329 e. The highest BCUT2D eigenvalue weighted by atomic mass is 16.6. The first kappa shape index (κ1) is 15.7. The molecule has 0 saturated heterocycles. The second-order valence-electron chi connectivity index (χ2n) is 5.33. The minimum atomic E-state index is -0.606. The topological polar surface area (TPSA) is 125 Å². The van der Waals surface area contributed by atoms with E-state index in [0.29, 0.717) is 6.54 Å². The summed E-state index contributed by atoms with van der Waals surface area (Å²) in [5, 5.41) is 13.7. The van der Waals surface area contributed by atoms with E-state index in [4.69, 9.17) is 5.73 Å². The first-order valence-corrected chi connectivity index (χ1v) is 7.47. The van der Waals surface area contributed by atoms with Crippen LogP contribution in [0.2, 0.25) is 0 Å². The van der Waals surface area contributed by atoms with E-state index in [-0.39, 0.29) is 17.5 Å². The van der Waals surface area contributed by atoms with Crippen LogP contribution in [0.5, 0.6) is 0 Å². The molecule has 3 aromatic rings. The summed E-state index contributed by atoms with van der Waals surface area (Å²) in [6, 6.07) is 7.99. The Balaban J connectivity index is 1.58. The van der Waals surface area contributed by atoms with Gasteiger partial charge in [0.25, 0.3) is 0 Å². The van der Waals surface area contributed by atoms with Gasteiger partial charge in [0.05, 0.1) is 16.0 Å². The number of nitrogens with two attached hydrogens (primary N) is 1. The van der Waals surface area contributed by atoms with E-state index in [9.17, 15) is 10.1 Å². The number of para-hydroxylation sites is 2.